The molecular weight excluding hydrogens is 214 g/mol. The summed E-state index contributed by atoms with van der Waals surface area (Å²) in [5.41, 5.74) is 0.957. The topological polar surface area (TPSA) is 38.3 Å². The summed E-state index contributed by atoms with van der Waals surface area (Å²) in [6.45, 7) is 1.06. The second-order valence-electron chi connectivity index (χ2n) is 3.89. The molecule has 0 bridgehead atoms. The molecule has 1 amide bonds. The largest absolute Gasteiger partial charge is 0.368 e. The van der Waals surface area contributed by atoms with Crippen molar-refractivity contribution in [1.29, 1.82) is 0 Å². The maximum absolute atomic E-state index is 11.6. The maximum atomic E-state index is 11.6. The lowest BCUT2D eigenvalue weighted by Gasteiger charge is -2.07. The molecule has 17 heavy (non-hydrogen) atoms. The number of rotatable bonds is 2. The quantitative estimate of drug-likeness (QED) is 0.777. The van der Waals surface area contributed by atoms with Gasteiger partial charge in [0.15, 0.2) is 0 Å². The van der Waals surface area contributed by atoms with Crippen molar-refractivity contribution < 1.29 is 9.53 Å². The molecule has 2 rings (SSSR count). The van der Waals surface area contributed by atoms with E-state index >= 15 is 0 Å². The molecule has 3 nitrogen and oxygen atoms in total. The summed E-state index contributed by atoms with van der Waals surface area (Å²) in [7, 11) is 0. The van der Waals surface area contributed by atoms with Gasteiger partial charge in [0.25, 0.3) is 0 Å². The van der Waals surface area contributed by atoms with E-state index in [0.29, 0.717) is 13.2 Å². The van der Waals surface area contributed by atoms with Crippen LogP contribution in [-0.2, 0) is 9.53 Å². The number of ether oxygens (including phenoxy) is 1. The fraction of sp³-hybridized carbons (Fsp3) is 0.357. The van der Waals surface area contributed by atoms with Gasteiger partial charge in [-0.15, -0.1) is 0 Å². The van der Waals surface area contributed by atoms with Crippen LogP contribution in [0.5, 0.6) is 0 Å². The monoisotopic (exact) mass is 229 g/mol. The molecule has 88 valence electrons. The molecule has 0 radical (unpaired) electrons. The van der Waals surface area contributed by atoms with E-state index in [1.807, 2.05) is 30.3 Å². The Hall–Kier alpha value is -1.79. The molecule has 1 unspecified atom stereocenters. The molecule has 1 aliphatic rings. The summed E-state index contributed by atoms with van der Waals surface area (Å²) >= 11 is 0. The summed E-state index contributed by atoms with van der Waals surface area (Å²) in [5.74, 6) is 5.85. The number of hydrogen-bond acceptors (Lipinski definition) is 2. The first-order valence-corrected chi connectivity index (χ1v) is 5.79. The Bertz CT molecular complexity index is 425. The first-order chi connectivity index (χ1) is 8.36. The van der Waals surface area contributed by atoms with E-state index in [0.717, 1.165) is 18.4 Å². The van der Waals surface area contributed by atoms with E-state index in [1.54, 1.807) is 0 Å². The van der Waals surface area contributed by atoms with Crippen LogP contribution in [-0.4, -0.2) is 25.2 Å². The predicted octanol–water partition coefficient (Wildman–Crippen LogP) is 1.33. The second kappa shape index (κ2) is 6.07. The smallest absolute Gasteiger partial charge is 0.249 e. The molecule has 0 spiro atoms. The van der Waals surface area contributed by atoms with Gasteiger partial charge in [0, 0.05) is 12.2 Å². The summed E-state index contributed by atoms with van der Waals surface area (Å²) in [5, 5.41) is 2.76. The van der Waals surface area contributed by atoms with E-state index in [2.05, 4.69) is 17.2 Å². The Balaban J connectivity index is 1.76. The molecular formula is C14H15NO2. The maximum Gasteiger partial charge on any atom is 0.249 e. The summed E-state index contributed by atoms with van der Waals surface area (Å²) in [6.07, 6.45) is 1.51. The third kappa shape index (κ3) is 3.61. The van der Waals surface area contributed by atoms with Gasteiger partial charge in [0.1, 0.15) is 6.10 Å². The van der Waals surface area contributed by atoms with Crippen LogP contribution in [0.25, 0.3) is 0 Å². The molecule has 1 aromatic rings. The lowest BCUT2D eigenvalue weighted by atomic mass is 10.2. The molecule has 1 fully saturated rings. The molecule has 0 aliphatic carbocycles. The number of hydrogen-bond donors (Lipinski definition) is 1. The van der Waals surface area contributed by atoms with Crippen LogP contribution in [0.2, 0.25) is 0 Å². The Morgan fingerprint density at radius 1 is 1.41 bits per heavy atom. The summed E-state index contributed by atoms with van der Waals surface area (Å²) < 4.78 is 5.27. The summed E-state index contributed by atoms with van der Waals surface area (Å²) in [4.78, 5) is 11.6. The van der Waals surface area contributed by atoms with E-state index in [4.69, 9.17) is 4.74 Å². The van der Waals surface area contributed by atoms with Crippen molar-refractivity contribution in [2.75, 3.05) is 13.2 Å². The fourth-order valence-electron chi connectivity index (χ4n) is 1.70. The minimum Gasteiger partial charge on any atom is -0.368 e. The van der Waals surface area contributed by atoms with Crippen molar-refractivity contribution in [3.8, 4) is 11.8 Å². The number of carbonyl (C=O) groups excluding carboxylic acids is 1. The van der Waals surface area contributed by atoms with E-state index in [1.165, 1.54) is 0 Å². The van der Waals surface area contributed by atoms with Gasteiger partial charge in [-0.2, -0.15) is 0 Å². The Labute approximate surface area is 101 Å². The van der Waals surface area contributed by atoms with Crippen LogP contribution < -0.4 is 5.32 Å². The predicted molar refractivity (Wildman–Crippen MR) is 65.3 cm³/mol. The van der Waals surface area contributed by atoms with Crippen LogP contribution in [0.1, 0.15) is 18.4 Å². The Morgan fingerprint density at radius 3 is 2.94 bits per heavy atom. The first-order valence-electron chi connectivity index (χ1n) is 5.79. The van der Waals surface area contributed by atoms with Crippen LogP contribution in [0.15, 0.2) is 30.3 Å². The fourth-order valence-corrected chi connectivity index (χ4v) is 1.70. The zero-order valence-corrected chi connectivity index (χ0v) is 9.61. The molecule has 1 heterocycles. The van der Waals surface area contributed by atoms with Crippen molar-refractivity contribution in [1.82, 2.24) is 5.32 Å². The van der Waals surface area contributed by atoms with E-state index < -0.39 is 0 Å². The van der Waals surface area contributed by atoms with Crippen LogP contribution in [0.4, 0.5) is 0 Å². The third-order valence-electron chi connectivity index (χ3n) is 2.58. The summed E-state index contributed by atoms with van der Waals surface area (Å²) in [6, 6.07) is 9.71. The highest BCUT2D eigenvalue weighted by molar-refractivity contribution is 5.81. The highest BCUT2D eigenvalue weighted by Crippen LogP contribution is 2.11. The van der Waals surface area contributed by atoms with E-state index in [9.17, 15) is 4.79 Å². The Kier molecular flexibility index (Phi) is 4.17. The van der Waals surface area contributed by atoms with Gasteiger partial charge in [-0.3, -0.25) is 4.79 Å². The van der Waals surface area contributed by atoms with Gasteiger partial charge in [-0.1, -0.05) is 30.0 Å². The van der Waals surface area contributed by atoms with Crippen molar-refractivity contribution in [3.63, 3.8) is 0 Å². The molecule has 1 N–H and O–H groups in total. The van der Waals surface area contributed by atoms with Crippen molar-refractivity contribution in [2.45, 2.75) is 18.9 Å². The van der Waals surface area contributed by atoms with Gasteiger partial charge in [-0.05, 0) is 25.0 Å². The highest BCUT2D eigenvalue weighted by Gasteiger charge is 2.22. The SMILES string of the molecule is O=C(NCC#Cc1ccccc1)C1CCCO1. The standard InChI is InChI=1S/C14H15NO2/c16-14(13-9-5-11-17-13)15-10-4-8-12-6-2-1-3-7-12/h1-3,6-7,13H,5,9-11H2,(H,15,16). The lowest BCUT2D eigenvalue weighted by molar-refractivity contribution is -0.129. The molecule has 1 atom stereocenters. The number of benzene rings is 1. The van der Waals surface area contributed by atoms with Crippen molar-refractivity contribution in [3.05, 3.63) is 35.9 Å². The molecule has 0 saturated carbocycles. The third-order valence-corrected chi connectivity index (χ3v) is 2.58. The van der Waals surface area contributed by atoms with Gasteiger partial charge < -0.3 is 10.1 Å². The molecule has 0 aromatic heterocycles. The van der Waals surface area contributed by atoms with Crippen molar-refractivity contribution >= 4 is 5.91 Å². The minimum absolute atomic E-state index is 0.0511. The molecule has 3 heteroatoms. The zero-order chi connectivity index (χ0) is 11.9. The van der Waals surface area contributed by atoms with Crippen molar-refractivity contribution in [2.24, 2.45) is 0 Å². The zero-order valence-electron chi connectivity index (χ0n) is 9.61. The van der Waals surface area contributed by atoms with E-state index in [-0.39, 0.29) is 12.0 Å². The average Bonchev–Trinajstić information content (AvgIpc) is 2.89. The average molecular weight is 229 g/mol. The van der Waals surface area contributed by atoms with Crippen LogP contribution in [0, 0.1) is 11.8 Å². The van der Waals surface area contributed by atoms with Gasteiger partial charge >= 0.3 is 0 Å². The number of nitrogens with one attached hydrogen (secondary N) is 1. The number of amides is 1. The Morgan fingerprint density at radius 2 is 2.24 bits per heavy atom. The van der Waals surface area contributed by atoms with Gasteiger partial charge in [0.05, 0.1) is 6.54 Å². The van der Waals surface area contributed by atoms with Gasteiger partial charge in [-0.25, -0.2) is 0 Å². The molecule has 1 aromatic carbocycles. The molecule has 1 aliphatic heterocycles. The van der Waals surface area contributed by atoms with Crippen LogP contribution >= 0.6 is 0 Å². The minimum atomic E-state index is -0.270. The second-order valence-corrected chi connectivity index (χ2v) is 3.89. The lowest BCUT2D eigenvalue weighted by Crippen LogP contribution is -2.34. The molecule has 1 saturated heterocycles. The van der Waals surface area contributed by atoms with Gasteiger partial charge in [0.2, 0.25) is 5.91 Å². The number of carbonyl (C=O) groups is 1. The normalized spacial score (nSPS) is 18.2. The van der Waals surface area contributed by atoms with Crippen LogP contribution in [0.3, 0.4) is 0 Å². The highest BCUT2D eigenvalue weighted by atomic mass is 16.5. The first kappa shape index (κ1) is 11.7.